The molecule has 1 N–H and O–H groups in total. The fourth-order valence-electron chi connectivity index (χ4n) is 2.04. The van der Waals surface area contributed by atoms with E-state index in [2.05, 4.69) is 4.98 Å². The summed E-state index contributed by atoms with van der Waals surface area (Å²) < 4.78 is 11.1. The number of hydrogen-bond acceptors (Lipinski definition) is 6. The fourth-order valence-corrected chi connectivity index (χ4v) is 2.80. The van der Waals surface area contributed by atoms with Gasteiger partial charge >= 0.3 is 0 Å². The van der Waals surface area contributed by atoms with E-state index in [4.69, 9.17) is 14.7 Å². The van der Waals surface area contributed by atoms with Crippen LogP contribution in [-0.2, 0) is 6.42 Å². The van der Waals surface area contributed by atoms with Gasteiger partial charge in [0.2, 0.25) is 0 Å². The van der Waals surface area contributed by atoms with Gasteiger partial charge < -0.3 is 14.6 Å². The van der Waals surface area contributed by atoms with Gasteiger partial charge in [0.25, 0.3) is 0 Å². The second kappa shape index (κ2) is 7.78. The Bertz CT molecular complexity index is 664. The number of aliphatic hydroxyl groups excluding tert-OH is 1. The highest BCUT2D eigenvalue weighted by molar-refractivity contribution is 7.09. The number of benzene rings is 1. The van der Waals surface area contributed by atoms with Crippen molar-refractivity contribution in [2.45, 2.75) is 25.9 Å². The maximum Gasteiger partial charge on any atom is 0.161 e. The molecule has 0 spiro atoms. The van der Waals surface area contributed by atoms with E-state index >= 15 is 0 Å². The summed E-state index contributed by atoms with van der Waals surface area (Å²) in [7, 11) is 1.57. The van der Waals surface area contributed by atoms with Crippen molar-refractivity contribution in [3.63, 3.8) is 0 Å². The lowest BCUT2D eigenvalue weighted by molar-refractivity contribution is 0.182. The Morgan fingerprint density at radius 1 is 1.41 bits per heavy atom. The predicted molar refractivity (Wildman–Crippen MR) is 84.2 cm³/mol. The quantitative estimate of drug-likeness (QED) is 0.849. The van der Waals surface area contributed by atoms with Gasteiger partial charge in [0.05, 0.1) is 43.5 Å². The van der Waals surface area contributed by atoms with Crippen molar-refractivity contribution in [2.24, 2.45) is 0 Å². The summed E-state index contributed by atoms with van der Waals surface area (Å²) in [6.07, 6.45) is -0.00166. The minimum Gasteiger partial charge on any atom is -0.493 e. The first-order valence-corrected chi connectivity index (χ1v) is 7.78. The molecule has 1 aromatic carbocycles. The number of thiazole rings is 1. The molecule has 0 bridgehead atoms. The van der Waals surface area contributed by atoms with Crippen molar-refractivity contribution < 1.29 is 14.6 Å². The summed E-state index contributed by atoms with van der Waals surface area (Å²) in [6.45, 7) is 2.47. The number of nitrogens with zero attached hydrogens (tertiary/aromatic N) is 2. The van der Waals surface area contributed by atoms with Crippen molar-refractivity contribution >= 4 is 11.3 Å². The van der Waals surface area contributed by atoms with E-state index in [1.54, 1.807) is 36.6 Å². The van der Waals surface area contributed by atoms with E-state index in [0.717, 1.165) is 12.1 Å². The van der Waals surface area contributed by atoms with Gasteiger partial charge in [-0.05, 0) is 24.6 Å². The molecular weight excluding hydrogens is 300 g/mol. The van der Waals surface area contributed by atoms with E-state index in [-0.39, 0.29) is 6.42 Å². The smallest absolute Gasteiger partial charge is 0.161 e. The summed E-state index contributed by atoms with van der Waals surface area (Å²) in [6, 6.07) is 7.15. The summed E-state index contributed by atoms with van der Waals surface area (Å²) >= 11 is 1.61. The van der Waals surface area contributed by atoms with Crippen molar-refractivity contribution in [2.75, 3.05) is 13.7 Å². The Hall–Kier alpha value is -2.10. The third kappa shape index (κ3) is 3.97. The molecular formula is C16H18N2O3S. The van der Waals surface area contributed by atoms with E-state index in [1.807, 2.05) is 18.5 Å². The van der Waals surface area contributed by atoms with Gasteiger partial charge in [-0.2, -0.15) is 5.26 Å². The number of ether oxygens (including phenoxy) is 2. The van der Waals surface area contributed by atoms with Gasteiger partial charge in [-0.3, -0.25) is 0 Å². The van der Waals surface area contributed by atoms with Crippen LogP contribution in [0.5, 0.6) is 11.5 Å². The molecule has 0 aliphatic carbocycles. The molecule has 1 heterocycles. The fraction of sp³-hybridized carbons (Fsp3) is 0.375. The topological polar surface area (TPSA) is 75.4 Å². The van der Waals surface area contributed by atoms with E-state index in [1.165, 1.54) is 4.88 Å². The molecule has 2 rings (SSSR count). The zero-order valence-corrected chi connectivity index (χ0v) is 13.4. The van der Waals surface area contributed by atoms with Crippen LogP contribution in [0.4, 0.5) is 0 Å². The van der Waals surface area contributed by atoms with Gasteiger partial charge in [0.15, 0.2) is 11.5 Å². The molecule has 0 saturated heterocycles. The number of rotatable bonds is 7. The number of hydrogen-bond donors (Lipinski definition) is 1. The molecule has 0 radical (unpaired) electrons. The third-order valence-corrected chi connectivity index (χ3v) is 4.28. The summed E-state index contributed by atoms with van der Waals surface area (Å²) in [5, 5.41) is 18.6. The van der Waals surface area contributed by atoms with Crippen molar-refractivity contribution in [3.05, 3.63) is 39.8 Å². The largest absolute Gasteiger partial charge is 0.493 e. The molecule has 0 aliphatic rings. The second-order valence-corrected chi connectivity index (χ2v) is 5.69. The number of aromatic nitrogens is 1. The highest BCUT2D eigenvalue weighted by Gasteiger charge is 2.12. The molecule has 0 saturated carbocycles. The van der Waals surface area contributed by atoms with Gasteiger partial charge in [0.1, 0.15) is 0 Å². The highest BCUT2D eigenvalue weighted by Crippen LogP contribution is 2.31. The van der Waals surface area contributed by atoms with Crippen LogP contribution >= 0.6 is 11.3 Å². The molecule has 2 aromatic rings. The monoisotopic (exact) mass is 318 g/mol. The molecule has 0 aliphatic heterocycles. The van der Waals surface area contributed by atoms with Crippen LogP contribution < -0.4 is 9.47 Å². The summed E-state index contributed by atoms with van der Waals surface area (Å²) in [4.78, 5) is 5.40. The first-order valence-electron chi connectivity index (χ1n) is 6.90. The SMILES string of the molecule is COc1ccc(C(O)CC#N)cc1OCCc1scnc1C. The lowest BCUT2D eigenvalue weighted by Gasteiger charge is -2.14. The van der Waals surface area contributed by atoms with Crippen molar-refractivity contribution in [1.29, 1.82) is 5.26 Å². The Balaban J connectivity index is 2.06. The zero-order chi connectivity index (χ0) is 15.9. The Kier molecular flexibility index (Phi) is 5.75. The van der Waals surface area contributed by atoms with Crippen molar-refractivity contribution in [1.82, 2.24) is 4.98 Å². The molecule has 6 heteroatoms. The van der Waals surface area contributed by atoms with Crippen molar-refractivity contribution in [3.8, 4) is 17.6 Å². The maximum absolute atomic E-state index is 9.90. The minimum atomic E-state index is -0.818. The molecule has 0 amide bonds. The van der Waals surface area contributed by atoms with Crippen LogP contribution in [0.2, 0.25) is 0 Å². The average Bonchev–Trinajstić information content (AvgIpc) is 2.93. The second-order valence-electron chi connectivity index (χ2n) is 4.75. The van der Waals surface area contributed by atoms with Gasteiger partial charge in [-0.25, -0.2) is 4.98 Å². The minimum absolute atomic E-state index is 0.0474. The van der Waals surface area contributed by atoms with Crippen LogP contribution in [0.3, 0.4) is 0 Å². The number of aryl methyl sites for hydroxylation is 1. The highest BCUT2D eigenvalue weighted by atomic mass is 32.1. The molecule has 22 heavy (non-hydrogen) atoms. The van der Waals surface area contributed by atoms with Gasteiger partial charge in [0, 0.05) is 11.3 Å². The van der Waals surface area contributed by atoms with Crippen LogP contribution in [0.15, 0.2) is 23.7 Å². The molecule has 1 unspecified atom stereocenters. The number of methoxy groups -OCH3 is 1. The Morgan fingerprint density at radius 2 is 2.23 bits per heavy atom. The van der Waals surface area contributed by atoms with Crippen LogP contribution in [0, 0.1) is 18.3 Å². The Morgan fingerprint density at radius 3 is 2.86 bits per heavy atom. The lowest BCUT2D eigenvalue weighted by atomic mass is 10.1. The number of aliphatic hydroxyl groups is 1. The first-order chi connectivity index (χ1) is 10.7. The normalized spacial score (nSPS) is 11.7. The van der Waals surface area contributed by atoms with Gasteiger partial charge in [-0.15, -0.1) is 11.3 Å². The van der Waals surface area contributed by atoms with Crippen LogP contribution in [0.1, 0.15) is 28.7 Å². The molecule has 5 nitrogen and oxygen atoms in total. The Labute approximate surface area is 133 Å². The summed E-state index contributed by atoms with van der Waals surface area (Å²) in [5.74, 6) is 1.17. The van der Waals surface area contributed by atoms with Gasteiger partial charge in [-0.1, -0.05) is 6.07 Å². The molecule has 116 valence electrons. The van der Waals surface area contributed by atoms with Crippen LogP contribution in [-0.4, -0.2) is 23.8 Å². The first kappa shape index (κ1) is 16.3. The zero-order valence-electron chi connectivity index (χ0n) is 12.6. The number of nitriles is 1. The molecule has 1 aromatic heterocycles. The predicted octanol–water partition coefficient (Wildman–Crippen LogP) is 3.03. The average molecular weight is 318 g/mol. The molecule has 0 fully saturated rings. The lowest BCUT2D eigenvalue weighted by Crippen LogP contribution is -2.04. The standard InChI is InChI=1S/C16H18N2O3S/c1-11-16(22-10-18-11)6-8-21-15-9-12(13(19)5-7-17)3-4-14(15)20-2/h3-4,9-10,13,19H,5-6,8H2,1-2H3. The van der Waals surface area contributed by atoms with E-state index in [0.29, 0.717) is 23.7 Å². The molecule has 1 atom stereocenters. The third-order valence-electron chi connectivity index (χ3n) is 3.29. The van der Waals surface area contributed by atoms with E-state index in [9.17, 15) is 5.11 Å². The van der Waals surface area contributed by atoms with E-state index < -0.39 is 6.10 Å². The summed E-state index contributed by atoms with van der Waals surface area (Å²) in [5.41, 5.74) is 3.49. The van der Waals surface area contributed by atoms with Crippen LogP contribution in [0.25, 0.3) is 0 Å². The maximum atomic E-state index is 9.90.